The Morgan fingerprint density at radius 1 is 1.19 bits per heavy atom. The maximum absolute atomic E-state index is 13.8. The molecule has 0 unspecified atom stereocenters. The number of carbonyl (C=O) groups excluding carboxylic acids is 1. The molecular formula is C19H17F2N3O2. The van der Waals surface area contributed by atoms with Gasteiger partial charge < -0.3 is 10.4 Å². The fourth-order valence-electron chi connectivity index (χ4n) is 2.47. The zero-order chi connectivity index (χ0) is 18.7. The molecule has 5 nitrogen and oxygen atoms in total. The minimum Gasteiger partial charge on any atom is -0.384 e. The summed E-state index contributed by atoms with van der Waals surface area (Å²) in [4.78, 5) is 12.3. The van der Waals surface area contributed by atoms with E-state index in [1.54, 1.807) is 18.2 Å². The third-order valence-electron chi connectivity index (χ3n) is 4.00. The van der Waals surface area contributed by atoms with Crippen LogP contribution in [-0.4, -0.2) is 27.3 Å². The van der Waals surface area contributed by atoms with Gasteiger partial charge in [0, 0.05) is 6.20 Å². The van der Waals surface area contributed by atoms with E-state index in [9.17, 15) is 18.7 Å². The van der Waals surface area contributed by atoms with Gasteiger partial charge >= 0.3 is 0 Å². The summed E-state index contributed by atoms with van der Waals surface area (Å²) in [5.41, 5.74) is -0.445. The van der Waals surface area contributed by atoms with Crippen LogP contribution in [0.3, 0.4) is 0 Å². The molecule has 0 fully saturated rings. The number of carbonyl (C=O) groups is 1. The standard InChI is InChI=1S/C19H17F2N3O2/c1-19(26,14-6-8-15(20)9-7-14)12-22-18(25)13-10-23-24(11-13)17-5-3-2-4-16(17)21/h2-11,26H,12H2,1H3,(H,22,25)/t19-/m1/s1. The van der Waals surface area contributed by atoms with Crippen LogP contribution < -0.4 is 5.32 Å². The van der Waals surface area contributed by atoms with Crippen LogP contribution in [0.2, 0.25) is 0 Å². The fraction of sp³-hybridized carbons (Fsp3) is 0.158. The van der Waals surface area contributed by atoms with E-state index >= 15 is 0 Å². The largest absolute Gasteiger partial charge is 0.384 e. The monoisotopic (exact) mass is 357 g/mol. The summed E-state index contributed by atoms with van der Waals surface area (Å²) in [5.74, 6) is -1.33. The summed E-state index contributed by atoms with van der Waals surface area (Å²) in [6.07, 6.45) is 2.72. The molecule has 1 aromatic heterocycles. The molecule has 0 saturated carbocycles. The molecule has 1 heterocycles. The van der Waals surface area contributed by atoms with Gasteiger partial charge in [0.2, 0.25) is 0 Å². The second kappa shape index (κ2) is 7.05. The van der Waals surface area contributed by atoms with Crippen LogP contribution in [-0.2, 0) is 5.60 Å². The lowest BCUT2D eigenvalue weighted by molar-refractivity contribution is 0.0526. The van der Waals surface area contributed by atoms with Crippen molar-refractivity contribution in [2.24, 2.45) is 0 Å². The Balaban J connectivity index is 1.69. The summed E-state index contributed by atoms with van der Waals surface area (Å²) in [6.45, 7) is 1.44. The first-order chi connectivity index (χ1) is 12.4. The van der Waals surface area contributed by atoms with E-state index in [1.807, 2.05) is 0 Å². The van der Waals surface area contributed by atoms with Gasteiger partial charge in [-0.1, -0.05) is 24.3 Å². The number of nitrogens with one attached hydrogen (secondary N) is 1. The number of benzene rings is 2. The highest BCUT2D eigenvalue weighted by Crippen LogP contribution is 2.20. The van der Waals surface area contributed by atoms with Gasteiger partial charge in [0.15, 0.2) is 0 Å². The minimum absolute atomic E-state index is 0.0810. The molecule has 0 spiro atoms. The number of aliphatic hydroxyl groups is 1. The third-order valence-corrected chi connectivity index (χ3v) is 4.00. The molecule has 0 aliphatic heterocycles. The highest BCUT2D eigenvalue weighted by molar-refractivity contribution is 5.93. The number of aromatic nitrogens is 2. The Morgan fingerprint density at radius 2 is 1.88 bits per heavy atom. The highest BCUT2D eigenvalue weighted by Gasteiger charge is 2.24. The molecule has 134 valence electrons. The Kier molecular flexibility index (Phi) is 4.81. The van der Waals surface area contributed by atoms with Crippen molar-refractivity contribution in [3.8, 4) is 5.69 Å². The van der Waals surface area contributed by atoms with Crippen molar-refractivity contribution in [3.63, 3.8) is 0 Å². The fourth-order valence-corrected chi connectivity index (χ4v) is 2.47. The maximum Gasteiger partial charge on any atom is 0.254 e. The van der Waals surface area contributed by atoms with Crippen LogP contribution in [0, 0.1) is 11.6 Å². The van der Waals surface area contributed by atoms with Gasteiger partial charge in [-0.25, -0.2) is 13.5 Å². The summed E-state index contributed by atoms with van der Waals surface area (Å²) in [6, 6.07) is 11.5. The van der Waals surface area contributed by atoms with E-state index < -0.39 is 23.1 Å². The van der Waals surface area contributed by atoms with Gasteiger partial charge in [-0.05, 0) is 36.8 Å². The second-order valence-corrected chi connectivity index (χ2v) is 6.09. The van der Waals surface area contributed by atoms with Gasteiger partial charge in [-0.2, -0.15) is 5.10 Å². The van der Waals surface area contributed by atoms with Gasteiger partial charge in [0.05, 0.1) is 18.3 Å². The van der Waals surface area contributed by atoms with Gasteiger partial charge in [-0.3, -0.25) is 4.79 Å². The molecule has 2 aromatic carbocycles. The van der Waals surface area contributed by atoms with Crippen molar-refractivity contribution in [1.29, 1.82) is 0 Å². The van der Waals surface area contributed by atoms with Crippen molar-refractivity contribution in [2.45, 2.75) is 12.5 Å². The Bertz CT molecular complexity index is 921. The first kappa shape index (κ1) is 17.8. The number of nitrogens with zero attached hydrogens (tertiary/aromatic N) is 2. The molecule has 0 aliphatic carbocycles. The first-order valence-corrected chi connectivity index (χ1v) is 7.93. The topological polar surface area (TPSA) is 67.2 Å². The van der Waals surface area contributed by atoms with E-state index in [4.69, 9.17) is 0 Å². The van der Waals surface area contributed by atoms with Crippen molar-refractivity contribution < 1.29 is 18.7 Å². The SMILES string of the molecule is C[C@@](O)(CNC(=O)c1cnn(-c2ccccc2F)c1)c1ccc(F)cc1. The number of rotatable bonds is 5. The molecular weight excluding hydrogens is 340 g/mol. The molecule has 7 heteroatoms. The molecule has 0 aliphatic rings. The molecule has 1 atom stereocenters. The summed E-state index contributed by atoms with van der Waals surface area (Å²) in [7, 11) is 0. The van der Waals surface area contributed by atoms with Crippen molar-refractivity contribution >= 4 is 5.91 Å². The van der Waals surface area contributed by atoms with E-state index in [0.29, 0.717) is 5.56 Å². The van der Waals surface area contributed by atoms with Gasteiger partial charge in [-0.15, -0.1) is 0 Å². The Labute approximate surface area is 148 Å². The molecule has 3 rings (SSSR count). The quantitative estimate of drug-likeness (QED) is 0.738. The van der Waals surface area contributed by atoms with Crippen LogP contribution in [0.4, 0.5) is 8.78 Å². The molecule has 1 amide bonds. The first-order valence-electron chi connectivity index (χ1n) is 7.93. The molecule has 26 heavy (non-hydrogen) atoms. The number of amides is 1. The molecule has 3 aromatic rings. The lowest BCUT2D eigenvalue weighted by Gasteiger charge is -2.24. The highest BCUT2D eigenvalue weighted by atomic mass is 19.1. The van der Waals surface area contributed by atoms with Crippen LogP contribution in [0.1, 0.15) is 22.8 Å². The minimum atomic E-state index is -1.37. The average molecular weight is 357 g/mol. The van der Waals surface area contributed by atoms with Gasteiger partial charge in [0.1, 0.15) is 22.9 Å². The predicted molar refractivity (Wildman–Crippen MR) is 91.8 cm³/mol. The van der Waals surface area contributed by atoms with Crippen molar-refractivity contribution in [1.82, 2.24) is 15.1 Å². The zero-order valence-electron chi connectivity index (χ0n) is 14.0. The van der Waals surface area contributed by atoms with Crippen LogP contribution in [0.25, 0.3) is 5.69 Å². The van der Waals surface area contributed by atoms with E-state index in [0.717, 1.165) is 0 Å². The Morgan fingerprint density at radius 3 is 2.58 bits per heavy atom. The van der Waals surface area contributed by atoms with Crippen molar-refractivity contribution in [2.75, 3.05) is 6.54 Å². The molecule has 2 N–H and O–H groups in total. The number of halogens is 2. The van der Waals surface area contributed by atoms with E-state index in [-0.39, 0.29) is 17.8 Å². The average Bonchev–Trinajstić information content (AvgIpc) is 3.10. The second-order valence-electron chi connectivity index (χ2n) is 6.09. The van der Waals surface area contributed by atoms with Crippen LogP contribution in [0.15, 0.2) is 60.9 Å². The van der Waals surface area contributed by atoms with Crippen LogP contribution >= 0.6 is 0 Å². The Hall–Kier alpha value is -3.06. The summed E-state index contributed by atoms with van der Waals surface area (Å²) in [5, 5.41) is 17.1. The predicted octanol–water partition coefficient (Wildman–Crippen LogP) is 2.79. The lowest BCUT2D eigenvalue weighted by atomic mass is 9.96. The van der Waals surface area contributed by atoms with Crippen LogP contribution in [0.5, 0.6) is 0 Å². The molecule has 0 bridgehead atoms. The number of para-hydroxylation sites is 1. The third kappa shape index (κ3) is 3.78. The number of hydrogen-bond acceptors (Lipinski definition) is 3. The lowest BCUT2D eigenvalue weighted by Crippen LogP contribution is -2.38. The smallest absolute Gasteiger partial charge is 0.254 e. The van der Waals surface area contributed by atoms with Gasteiger partial charge in [0.25, 0.3) is 5.91 Å². The maximum atomic E-state index is 13.8. The van der Waals surface area contributed by atoms with Crippen molar-refractivity contribution in [3.05, 3.63) is 83.7 Å². The number of hydrogen-bond donors (Lipinski definition) is 2. The summed E-state index contributed by atoms with van der Waals surface area (Å²) >= 11 is 0. The molecule has 0 radical (unpaired) electrons. The normalized spacial score (nSPS) is 13.2. The van der Waals surface area contributed by atoms with E-state index in [2.05, 4.69) is 10.4 Å². The summed E-state index contributed by atoms with van der Waals surface area (Å²) < 4.78 is 28.0. The van der Waals surface area contributed by atoms with E-state index in [1.165, 1.54) is 54.3 Å². The molecule has 0 saturated heterocycles. The zero-order valence-corrected chi connectivity index (χ0v) is 14.0.